The van der Waals surface area contributed by atoms with Crippen molar-refractivity contribution in [1.82, 2.24) is 19.6 Å². The van der Waals surface area contributed by atoms with Crippen LogP contribution in [0.15, 0.2) is 30.3 Å². The molecule has 2 amide bonds. The summed E-state index contributed by atoms with van der Waals surface area (Å²) in [4.78, 5) is 17.5. The predicted octanol–water partition coefficient (Wildman–Crippen LogP) is 3.19. The smallest absolute Gasteiger partial charge is 0.319 e. The van der Waals surface area contributed by atoms with Crippen molar-refractivity contribution in [2.24, 2.45) is 0 Å². The zero-order valence-electron chi connectivity index (χ0n) is 15.8. The highest BCUT2D eigenvalue weighted by Gasteiger charge is 2.36. The summed E-state index contributed by atoms with van der Waals surface area (Å²) in [5.74, 6) is 0. The van der Waals surface area contributed by atoms with Gasteiger partial charge in [0.1, 0.15) is 0 Å². The fourth-order valence-electron chi connectivity index (χ4n) is 4.29. The van der Waals surface area contributed by atoms with E-state index < -0.39 is 0 Å². The van der Waals surface area contributed by atoms with Gasteiger partial charge in [0.2, 0.25) is 0 Å². The third kappa shape index (κ3) is 2.98. The van der Waals surface area contributed by atoms with E-state index in [0.717, 1.165) is 35.9 Å². The van der Waals surface area contributed by atoms with Gasteiger partial charge in [0.05, 0.1) is 22.8 Å². The number of piperazine rings is 1. The van der Waals surface area contributed by atoms with E-state index in [4.69, 9.17) is 0 Å². The van der Waals surface area contributed by atoms with Crippen LogP contribution in [-0.2, 0) is 0 Å². The highest BCUT2D eigenvalue weighted by Crippen LogP contribution is 2.27. The Balaban J connectivity index is 1.54. The van der Waals surface area contributed by atoms with Crippen LogP contribution < -0.4 is 5.32 Å². The van der Waals surface area contributed by atoms with Gasteiger partial charge in [-0.15, -0.1) is 0 Å². The van der Waals surface area contributed by atoms with Crippen molar-refractivity contribution >= 4 is 11.7 Å². The van der Waals surface area contributed by atoms with E-state index in [0.29, 0.717) is 6.04 Å². The summed E-state index contributed by atoms with van der Waals surface area (Å²) < 4.78 is 1.89. The minimum atomic E-state index is -0.0112. The molecule has 0 aliphatic carbocycles. The largest absolute Gasteiger partial charge is 0.322 e. The summed E-state index contributed by atoms with van der Waals surface area (Å²) in [6.07, 6.45) is 2.44. The molecular weight excluding hydrogens is 326 g/mol. The highest BCUT2D eigenvalue weighted by molar-refractivity contribution is 5.91. The number of aryl methyl sites for hydroxylation is 1. The molecule has 0 spiro atoms. The van der Waals surface area contributed by atoms with E-state index in [-0.39, 0.29) is 12.1 Å². The molecule has 1 aromatic carbocycles. The molecule has 2 aliphatic rings. The van der Waals surface area contributed by atoms with Gasteiger partial charge in [-0.3, -0.25) is 4.90 Å². The topological polar surface area (TPSA) is 53.4 Å². The molecular formula is C20H27N5O. The molecule has 2 unspecified atom stereocenters. The Morgan fingerprint density at radius 1 is 1.19 bits per heavy atom. The summed E-state index contributed by atoms with van der Waals surface area (Å²) in [7, 11) is 0. The van der Waals surface area contributed by atoms with Gasteiger partial charge in [0.15, 0.2) is 0 Å². The molecule has 1 aromatic heterocycles. The zero-order valence-corrected chi connectivity index (χ0v) is 15.8. The number of rotatable bonds is 2. The quantitative estimate of drug-likeness (QED) is 0.902. The number of aromatic nitrogens is 2. The fraction of sp³-hybridized carbons (Fsp3) is 0.500. The maximum absolute atomic E-state index is 13.0. The molecule has 1 N–H and O–H groups in total. The monoisotopic (exact) mass is 353 g/mol. The fourth-order valence-corrected chi connectivity index (χ4v) is 4.29. The first kappa shape index (κ1) is 17.1. The lowest BCUT2D eigenvalue weighted by atomic mass is 10.1. The number of hydrogen-bond donors (Lipinski definition) is 1. The first-order chi connectivity index (χ1) is 12.5. The molecule has 2 aliphatic heterocycles. The van der Waals surface area contributed by atoms with Crippen LogP contribution in [-0.4, -0.2) is 57.3 Å². The number of nitrogens with zero attached hydrogens (tertiary/aromatic N) is 4. The third-order valence-electron chi connectivity index (χ3n) is 5.72. The second-order valence-corrected chi connectivity index (χ2v) is 7.52. The van der Waals surface area contributed by atoms with Gasteiger partial charge in [0.25, 0.3) is 0 Å². The summed E-state index contributed by atoms with van der Waals surface area (Å²) in [6.45, 7) is 9.05. The van der Waals surface area contributed by atoms with Crippen molar-refractivity contribution in [3.05, 3.63) is 41.7 Å². The zero-order chi connectivity index (χ0) is 18.3. The second-order valence-electron chi connectivity index (χ2n) is 7.52. The van der Waals surface area contributed by atoms with Crippen LogP contribution in [0.4, 0.5) is 10.5 Å². The maximum atomic E-state index is 13.0. The molecule has 2 atom stereocenters. The number of fused-ring (bicyclic) bond motifs is 1. The molecule has 6 nitrogen and oxygen atoms in total. The van der Waals surface area contributed by atoms with Gasteiger partial charge in [-0.2, -0.15) is 5.10 Å². The van der Waals surface area contributed by atoms with Crippen molar-refractivity contribution in [2.75, 3.05) is 25.0 Å². The van der Waals surface area contributed by atoms with Crippen LogP contribution in [0, 0.1) is 13.8 Å². The molecule has 2 fully saturated rings. The molecule has 0 bridgehead atoms. The minimum Gasteiger partial charge on any atom is -0.319 e. The minimum absolute atomic E-state index is 0.0112. The lowest BCUT2D eigenvalue weighted by Gasteiger charge is -2.42. The first-order valence-corrected chi connectivity index (χ1v) is 9.48. The standard InChI is InChI=1S/C20H27N5O/c1-14-12-23-11-7-10-18(23)13-24(14)20(26)21-19-15(2)22-25(16(19)3)17-8-5-4-6-9-17/h4-6,8-9,14,18H,7,10-13H2,1-3H3,(H,21,26). The average molecular weight is 353 g/mol. The number of amides is 2. The number of hydrogen-bond acceptors (Lipinski definition) is 3. The van der Waals surface area contributed by atoms with E-state index in [1.54, 1.807) is 0 Å². The summed E-state index contributed by atoms with van der Waals surface area (Å²) in [6, 6.07) is 10.8. The Kier molecular flexibility index (Phi) is 4.44. The highest BCUT2D eigenvalue weighted by atomic mass is 16.2. The van der Waals surface area contributed by atoms with Crippen molar-refractivity contribution in [3.63, 3.8) is 0 Å². The molecule has 0 saturated carbocycles. The Labute approximate surface area is 154 Å². The van der Waals surface area contributed by atoms with Gasteiger partial charge in [-0.1, -0.05) is 18.2 Å². The number of para-hydroxylation sites is 1. The predicted molar refractivity (Wildman–Crippen MR) is 103 cm³/mol. The van der Waals surface area contributed by atoms with Gasteiger partial charge >= 0.3 is 6.03 Å². The van der Waals surface area contributed by atoms with Crippen molar-refractivity contribution in [2.45, 2.75) is 45.7 Å². The number of nitrogens with one attached hydrogen (secondary N) is 1. The number of carbonyl (C=O) groups is 1. The number of benzene rings is 1. The van der Waals surface area contributed by atoms with E-state index in [1.807, 2.05) is 53.8 Å². The number of carbonyl (C=O) groups excluding carboxylic acids is 1. The third-order valence-corrected chi connectivity index (χ3v) is 5.72. The van der Waals surface area contributed by atoms with Gasteiger partial charge in [0, 0.05) is 25.2 Å². The van der Waals surface area contributed by atoms with E-state index in [1.165, 1.54) is 19.4 Å². The molecule has 6 heteroatoms. The van der Waals surface area contributed by atoms with Crippen LogP contribution in [0.5, 0.6) is 0 Å². The van der Waals surface area contributed by atoms with E-state index in [9.17, 15) is 4.79 Å². The van der Waals surface area contributed by atoms with Gasteiger partial charge in [-0.25, -0.2) is 9.48 Å². The SMILES string of the molecule is Cc1nn(-c2ccccc2)c(C)c1NC(=O)N1CC2CCCN2CC1C. The Hall–Kier alpha value is -2.34. The van der Waals surface area contributed by atoms with Crippen LogP contribution in [0.25, 0.3) is 5.69 Å². The number of anilines is 1. The molecule has 4 rings (SSSR count). The van der Waals surface area contributed by atoms with Crippen LogP contribution in [0.1, 0.15) is 31.2 Å². The Bertz CT molecular complexity index is 800. The lowest BCUT2D eigenvalue weighted by Crippen LogP contribution is -2.57. The average Bonchev–Trinajstić information content (AvgIpc) is 3.20. The van der Waals surface area contributed by atoms with Crippen LogP contribution in [0.2, 0.25) is 0 Å². The van der Waals surface area contributed by atoms with E-state index in [2.05, 4.69) is 22.2 Å². The summed E-state index contributed by atoms with van der Waals surface area (Å²) in [5.41, 5.74) is 3.61. The van der Waals surface area contributed by atoms with Gasteiger partial charge < -0.3 is 10.2 Å². The molecule has 26 heavy (non-hydrogen) atoms. The summed E-state index contributed by atoms with van der Waals surface area (Å²) in [5, 5.41) is 7.76. The lowest BCUT2D eigenvalue weighted by molar-refractivity contribution is 0.0861. The molecule has 3 heterocycles. The first-order valence-electron chi connectivity index (χ1n) is 9.48. The summed E-state index contributed by atoms with van der Waals surface area (Å²) >= 11 is 0. The Morgan fingerprint density at radius 2 is 1.96 bits per heavy atom. The van der Waals surface area contributed by atoms with E-state index >= 15 is 0 Å². The normalized spacial score (nSPS) is 23.1. The Morgan fingerprint density at radius 3 is 2.73 bits per heavy atom. The second kappa shape index (κ2) is 6.76. The van der Waals surface area contributed by atoms with Crippen LogP contribution >= 0.6 is 0 Å². The molecule has 0 radical (unpaired) electrons. The van der Waals surface area contributed by atoms with Crippen LogP contribution in [0.3, 0.4) is 0 Å². The number of urea groups is 1. The van der Waals surface area contributed by atoms with Crippen molar-refractivity contribution < 1.29 is 4.79 Å². The molecule has 138 valence electrons. The van der Waals surface area contributed by atoms with Crippen molar-refractivity contribution in [1.29, 1.82) is 0 Å². The van der Waals surface area contributed by atoms with Crippen molar-refractivity contribution in [3.8, 4) is 5.69 Å². The molecule has 2 aromatic rings. The molecule has 2 saturated heterocycles. The maximum Gasteiger partial charge on any atom is 0.322 e. The van der Waals surface area contributed by atoms with Gasteiger partial charge in [-0.05, 0) is 52.3 Å².